The number of nitrogens with one attached hydrogen (secondary N) is 1. The molecule has 0 aromatic heterocycles. The lowest BCUT2D eigenvalue weighted by Crippen LogP contribution is -2.23. The molecule has 0 aliphatic heterocycles. The van der Waals surface area contributed by atoms with Crippen LogP contribution in [0.25, 0.3) is 0 Å². The average molecular weight is 388 g/mol. The van der Waals surface area contributed by atoms with Gasteiger partial charge in [0.15, 0.2) is 5.82 Å². The summed E-state index contributed by atoms with van der Waals surface area (Å²) in [4.78, 5) is 10.2. The Kier molecular flexibility index (Phi) is 5.45. The zero-order chi connectivity index (χ0) is 13.9. The standard InChI is InChI=1S/C9H9Br2FN2O4/c10-5-1-6(14(17)18)9(7(11)8(5)12)13-2-4(16)3-15/h1,4,13,15-16H,2-3H2. The second-order valence-corrected chi connectivity index (χ2v) is 5.00. The molecule has 1 unspecified atom stereocenters. The number of nitro groups is 1. The molecule has 0 bridgehead atoms. The molecule has 1 aromatic rings. The molecule has 1 atom stereocenters. The van der Waals surface area contributed by atoms with Gasteiger partial charge in [-0.05, 0) is 31.9 Å². The van der Waals surface area contributed by atoms with Gasteiger partial charge in [-0.3, -0.25) is 10.1 Å². The molecule has 0 fully saturated rings. The van der Waals surface area contributed by atoms with Gasteiger partial charge < -0.3 is 15.5 Å². The summed E-state index contributed by atoms with van der Waals surface area (Å²) in [6.45, 7) is -0.644. The molecule has 6 nitrogen and oxygen atoms in total. The third-order valence-corrected chi connectivity index (χ3v) is 3.39. The first-order chi connectivity index (χ1) is 8.38. The number of hydrogen-bond donors (Lipinski definition) is 3. The average Bonchev–Trinajstić information content (AvgIpc) is 2.33. The number of nitrogens with zero attached hydrogens (tertiary/aromatic N) is 1. The zero-order valence-corrected chi connectivity index (χ0v) is 12.0. The third kappa shape index (κ3) is 3.37. The topological polar surface area (TPSA) is 95.6 Å². The first-order valence-corrected chi connectivity index (χ1v) is 6.31. The predicted octanol–water partition coefficient (Wildman–Crippen LogP) is 2.02. The van der Waals surface area contributed by atoms with Crippen LogP contribution in [-0.2, 0) is 0 Å². The van der Waals surface area contributed by atoms with Gasteiger partial charge in [0.25, 0.3) is 5.69 Å². The van der Waals surface area contributed by atoms with Gasteiger partial charge in [-0.1, -0.05) is 0 Å². The number of hydrogen-bond acceptors (Lipinski definition) is 5. The number of aliphatic hydroxyl groups excluding tert-OH is 2. The number of benzene rings is 1. The summed E-state index contributed by atoms with van der Waals surface area (Å²) >= 11 is 5.77. The summed E-state index contributed by atoms with van der Waals surface area (Å²) in [5, 5.41) is 31.2. The summed E-state index contributed by atoms with van der Waals surface area (Å²) in [7, 11) is 0. The number of halogens is 3. The summed E-state index contributed by atoms with van der Waals surface area (Å²) in [6.07, 6.45) is -1.09. The summed E-state index contributed by atoms with van der Waals surface area (Å²) in [6, 6.07) is 1.02. The van der Waals surface area contributed by atoms with Crippen molar-refractivity contribution in [2.75, 3.05) is 18.5 Å². The zero-order valence-electron chi connectivity index (χ0n) is 8.86. The molecule has 0 heterocycles. The summed E-state index contributed by atoms with van der Waals surface area (Å²) in [5.74, 6) is -0.693. The molecule has 0 saturated carbocycles. The Morgan fingerprint density at radius 1 is 1.56 bits per heavy atom. The Hall–Kier alpha value is -0.770. The van der Waals surface area contributed by atoms with Crippen molar-refractivity contribution in [2.24, 2.45) is 0 Å². The van der Waals surface area contributed by atoms with Crippen molar-refractivity contribution in [3.05, 3.63) is 30.9 Å². The molecule has 3 N–H and O–H groups in total. The van der Waals surface area contributed by atoms with Crippen LogP contribution in [0.3, 0.4) is 0 Å². The van der Waals surface area contributed by atoms with E-state index in [0.717, 1.165) is 6.07 Å². The molecular formula is C9H9Br2FN2O4. The highest BCUT2D eigenvalue weighted by Gasteiger charge is 2.23. The number of rotatable bonds is 5. The van der Waals surface area contributed by atoms with E-state index in [1.165, 1.54) is 0 Å². The van der Waals surface area contributed by atoms with E-state index >= 15 is 0 Å². The van der Waals surface area contributed by atoms with E-state index in [4.69, 9.17) is 10.2 Å². The molecule has 0 aliphatic rings. The van der Waals surface area contributed by atoms with Crippen molar-refractivity contribution in [3.8, 4) is 0 Å². The van der Waals surface area contributed by atoms with Gasteiger partial charge in [0.05, 0.1) is 26.6 Å². The SMILES string of the molecule is O=[N+]([O-])c1cc(Br)c(F)c(Br)c1NCC(O)CO. The largest absolute Gasteiger partial charge is 0.394 e. The van der Waals surface area contributed by atoms with Crippen LogP contribution >= 0.6 is 31.9 Å². The second kappa shape index (κ2) is 6.41. The molecule has 0 amide bonds. The molecule has 9 heteroatoms. The first kappa shape index (κ1) is 15.3. The monoisotopic (exact) mass is 386 g/mol. The van der Waals surface area contributed by atoms with Crippen LogP contribution in [0.15, 0.2) is 15.0 Å². The molecule has 0 spiro atoms. The minimum Gasteiger partial charge on any atom is -0.394 e. The summed E-state index contributed by atoms with van der Waals surface area (Å²) < 4.78 is 13.4. The van der Waals surface area contributed by atoms with Gasteiger partial charge in [0.1, 0.15) is 5.69 Å². The maximum absolute atomic E-state index is 13.6. The van der Waals surface area contributed by atoms with Crippen LogP contribution in [0.2, 0.25) is 0 Å². The number of nitro benzene ring substituents is 1. The number of anilines is 1. The van der Waals surface area contributed by atoms with E-state index < -0.39 is 23.5 Å². The van der Waals surface area contributed by atoms with Gasteiger partial charge in [-0.25, -0.2) is 4.39 Å². The molecule has 18 heavy (non-hydrogen) atoms. The molecular weight excluding hydrogens is 379 g/mol. The Bertz CT molecular complexity index is 472. The highest BCUT2D eigenvalue weighted by molar-refractivity contribution is 9.11. The molecule has 0 aliphatic carbocycles. The van der Waals surface area contributed by atoms with Crippen LogP contribution < -0.4 is 5.32 Å². The van der Waals surface area contributed by atoms with E-state index in [0.29, 0.717) is 0 Å². The molecule has 0 radical (unpaired) electrons. The third-order valence-electron chi connectivity index (χ3n) is 2.06. The Morgan fingerprint density at radius 2 is 2.17 bits per heavy atom. The predicted molar refractivity (Wildman–Crippen MR) is 70.0 cm³/mol. The van der Waals surface area contributed by atoms with Gasteiger partial charge in [-0.15, -0.1) is 0 Å². The fourth-order valence-corrected chi connectivity index (χ4v) is 2.42. The van der Waals surface area contributed by atoms with Crippen LogP contribution in [0.1, 0.15) is 0 Å². The van der Waals surface area contributed by atoms with Crippen LogP contribution in [0.5, 0.6) is 0 Å². The Morgan fingerprint density at radius 3 is 2.67 bits per heavy atom. The Balaban J connectivity index is 3.15. The lowest BCUT2D eigenvalue weighted by atomic mass is 10.2. The molecule has 1 aromatic carbocycles. The van der Waals surface area contributed by atoms with Crippen LogP contribution in [0, 0.1) is 15.9 Å². The number of aliphatic hydroxyl groups is 2. The van der Waals surface area contributed by atoms with Crippen molar-refractivity contribution < 1.29 is 19.5 Å². The first-order valence-electron chi connectivity index (χ1n) is 4.73. The van der Waals surface area contributed by atoms with Crippen molar-refractivity contribution in [1.82, 2.24) is 0 Å². The highest BCUT2D eigenvalue weighted by Crippen LogP contribution is 2.38. The van der Waals surface area contributed by atoms with E-state index in [2.05, 4.69) is 37.2 Å². The van der Waals surface area contributed by atoms with Crippen molar-refractivity contribution in [2.45, 2.75) is 6.10 Å². The molecule has 100 valence electrons. The van der Waals surface area contributed by atoms with Crippen molar-refractivity contribution in [3.63, 3.8) is 0 Å². The van der Waals surface area contributed by atoms with Gasteiger partial charge >= 0.3 is 0 Å². The normalized spacial score (nSPS) is 12.3. The van der Waals surface area contributed by atoms with Gasteiger partial charge in [0, 0.05) is 12.6 Å². The van der Waals surface area contributed by atoms with Crippen molar-refractivity contribution in [1.29, 1.82) is 0 Å². The van der Waals surface area contributed by atoms with Crippen molar-refractivity contribution >= 4 is 43.2 Å². The fourth-order valence-electron chi connectivity index (χ4n) is 1.18. The molecule has 0 saturated heterocycles. The van der Waals surface area contributed by atoms with E-state index in [1.54, 1.807) is 0 Å². The van der Waals surface area contributed by atoms with E-state index in [9.17, 15) is 14.5 Å². The smallest absolute Gasteiger partial charge is 0.294 e. The fraction of sp³-hybridized carbons (Fsp3) is 0.333. The minimum absolute atomic E-state index is 0.0469. The lowest BCUT2D eigenvalue weighted by molar-refractivity contribution is -0.384. The quantitative estimate of drug-likeness (QED) is 0.408. The minimum atomic E-state index is -1.09. The van der Waals surface area contributed by atoms with Gasteiger partial charge in [-0.2, -0.15) is 0 Å². The summed E-state index contributed by atoms with van der Waals surface area (Å²) in [5.41, 5.74) is -0.437. The Labute approximate surface area is 118 Å². The maximum Gasteiger partial charge on any atom is 0.294 e. The second-order valence-electron chi connectivity index (χ2n) is 3.35. The van der Waals surface area contributed by atoms with Crippen LogP contribution in [-0.4, -0.2) is 34.4 Å². The highest BCUT2D eigenvalue weighted by atomic mass is 79.9. The maximum atomic E-state index is 13.6. The lowest BCUT2D eigenvalue weighted by Gasteiger charge is -2.13. The van der Waals surface area contributed by atoms with E-state index in [-0.39, 0.29) is 26.9 Å². The molecule has 1 rings (SSSR count). The van der Waals surface area contributed by atoms with Gasteiger partial charge in [0.2, 0.25) is 0 Å². The van der Waals surface area contributed by atoms with E-state index in [1.807, 2.05) is 0 Å². The van der Waals surface area contributed by atoms with Crippen LogP contribution in [0.4, 0.5) is 15.8 Å².